The Labute approximate surface area is 84.5 Å². The number of ether oxygens (including phenoxy) is 1. The minimum atomic E-state index is -0.245. The molecule has 0 fully saturated rings. The first-order chi connectivity index (χ1) is 6.70. The van der Waals surface area contributed by atoms with E-state index >= 15 is 0 Å². The van der Waals surface area contributed by atoms with Gasteiger partial charge in [0.25, 0.3) is 0 Å². The molecule has 0 aliphatic carbocycles. The van der Waals surface area contributed by atoms with Crippen molar-refractivity contribution in [3.05, 3.63) is 18.6 Å². The van der Waals surface area contributed by atoms with Crippen molar-refractivity contribution in [1.82, 2.24) is 9.97 Å². The molecule has 0 spiro atoms. The second kappa shape index (κ2) is 4.91. The molecule has 0 amide bonds. The third-order valence-electron chi connectivity index (χ3n) is 2.47. The summed E-state index contributed by atoms with van der Waals surface area (Å²) < 4.78 is 5.48. The first kappa shape index (κ1) is 10.9. The van der Waals surface area contributed by atoms with E-state index in [1.54, 1.807) is 12.3 Å². The molecule has 78 valence electrons. The van der Waals surface area contributed by atoms with E-state index in [2.05, 4.69) is 23.8 Å². The monoisotopic (exact) mass is 195 g/mol. The molecule has 1 heterocycles. The van der Waals surface area contributed by atoms with E-state index in [0.717, 1.165) is 12.8 Å². The largest absolute Gasteiger partial charge is 0.476 e. The third kappa shape index (κ3) is 2.96. The summed E-state index contributed by atoms with van der Waals surface area (Å²) in [5.74, 6) is 0.580. The van der Waals surface area contributed by atoms with E-state index < -0.39 is 0 Å². The van der Waals surface area contributed by atoms with Gasteiger partial charge in [-0.1, -0.05) is 13.8 Å². The molecule has 0 aliphatic rings. The third-order valence-corrected chi connectivity index (χ3v) is 2.47. The van der Waals surface area contributed by atoms with Crippen LogP contribution in [0.1, 0.15) is 26.7 Å². The normalized spacial score (nSPS) is 11.4. The van der Waals surface area contributed by atoms with Gasteiger partial charge in [-0.2, -0.15) is 0 Å². The van der Waals surface area contributed by atoms with Gasteiger partial charge in [-0.25, -0.2) is 9.97 Å². The average Bonchev–Trinajstić information content (AvgIpc) is 2.27. The second-order valence-electron chi connectivity index (χ2n) is 3.41. The summed E-state index contributed by atoms with van der Waals surface area (Å²) in [5, 5.41) is 0. The number of nitrogens with two attached hydrogens (primary N) is 1. The molecule has 1 aromatic rings. The molecule has 0 saturated carbocycles. The van der Waals surface area contributed by atoms with Crippen LogP contribution in [0.25, 0.3) is 0 Å². The van der Waals surface area contributed by atoms with Crippen LogP contribution >= 0.6 is 0 Å². The fourth-order valence-electron chi connectivity index (χ4n) is 1.04. The van der Waals surface area contributed by atoms with Crippen LogP contribution in [0, 0.1) is 0 Å². The molecule has 2 N–H and O–H groups in total. The quantitative estimate of drug-likeness (QED) is 0.771. The van der Waals surface area contributed by atoms with Crippen LogP contribution in [-0.2, 0) is 0 Å². The van der Waals surface area contributed by atoms with Crippen LogP contribution in [0.3, 0.4) is 0 Å². The van der Waals surface area contributed by atoms with Gasteiger partial charge in [0.15, 0.2) is 0 Å². The summed E-state index contributed by atoms with van der Waals surface area (Å²) in [6, 6.07) is 1.73. The molecule has 0 unspecified atom stereocenters. The predicted octanol–water partition coefficient (Wildman–Crippen LogP) is 1.37. The number of aromatic nitrogens is 2. The molecular formula is C10H17N3O. The van der Waals surface area contributed by atoms with Crippen molar-refractivity contribution < 1.29 is 4.74 Å². The molecule has 0 saturated heterocycles. The maximum absolute atomic E-state index is 6.08. The number of hydrogen-bond acceptors (Lipinski definition) is 4. The van der Waals surface area contributed by atoms with Crippen molar-refractivity contribution in [2.45, 2.75) is 32.2 Å². The van der Waals surface area contributed by atoms with Gasteiger partial charge >= 0.3 is 0 Å². The topological polar surface area (TPSA) is 61.0 Å². The lowest BCUT2D eigenvalue weighted by Crippen LogP contribution is -2.44. The van der Waals surface area contributed by atoms with Gasteiger partial charge < -0.3 is 10.5 Å². The molecule has 0 aromatic carbocycles. The highest BCUT2D eigenvalue weighted by atomic mass is 16.5. The first-order valence-corrected chi connectivity index (χ1v) is 4.88. The maximum Gasteiger partial charge on any atom is 0.216 e. The highest BCUT2D eigenvalue weighted by Crippen LogP contribution is 2.13. The summed E-state index contributed by atoms with van der Waals surface area (Å²) in [7, 11) is 0. The van der Waals surface area contributed by atoms with E-state index in [-0.39, 0.29) is 5.54 Å². The zero-order chi connectivity index (χ0) is 10.4. The highest BCUT2D eigenvalue weighted by molar-refractivity contribution is 5.05. The van der Waals surface area contributed by atoms with Crippen LogP contribution in [0.15, 0.2) is 18.6 Å². The first-order valence-electron chi connectivity index (χ1n) is 4.88. The fraction of sp³-hybridized carbons (Fsp3) is 0.600. The maximum atomic E-state index is 6.08. The van der Waals surface area contributed by atoms with Crippen LogP contribution in [0.5, 0.6) is 5.88 Å². The van der Waals surface area contributed by atoms with Crippen LogP contribution in [-0.4, -0.2) is 22.1 Å². The standard InChI is InChI=1S/C10H17N3O/c1-3-10(11,4-2)7-14-9-5-6-12-8-13-9/h5-6,8H,3-4,7,11H2,1-2H3. The van der Waals surface area contributed by atoms with Crippen molar-refractivity contribution in [2.75, 3.05) is 6.61 Å². The summed E-state index contributed by atoms with van der Waals surface area (Å²) in [5.41, 5.74) is 5.83. The van der Waals surface area contributed by atoms with E-state index in [1.807, 2.05) is 0 Å². The van der Waals surface area contributed by atoms with Gasteiger partial charge in [0.2, 0.25) is 5.88 Å². The Kier molecular flexibility index (Phi) is 3.83. The van der Waals surface area contributed by atoms with Gasteiger partial charge in [0.05, 0.1) is 0 Å². The van der Waals surface area contributed by atoms with Gasteiger partial charge in [-0.3, -0.25) is 0 Å². The molecule has 1 aromatic heterocycles. The van der Waals surface area contributed by atoms with Crippen molar-refractivity contribution >= 4 is 0 Å². The van der Waals surface area contributed by atoms with Crippen LogP contribution in [0.4, 0.5) is 0 Å². The van der Waals surface area contributed by atoms with Gasteiger partial charge in [0.1, 0.15) is 12.9 Å². The minimum Gasteiger partial charge on any atom is -0.476 e. The Bertz CT molecular complexity index is 259. The van der Waals surface area contributed by atoms with Crippen molar-refractivity contribution in [2.24, 2.45) is 5.73 Å². The zero-order valence-electron chi connectivity index (χ0n) is 8.73. The van der Waals surface area contributed by atoms with Crippen molar-refractivity contribution in [3.63, 3.8) is 0 Å². The molecule has 1 rings (SSSR count). The van der Waals surface area contributed by atoms with Crippen molar-refractivity contribution in [3.8, 4) is 5.88 Å². The lowest BCUT2D eigenvalue weighted by atomic mass is 9.96. The summed E-state index contributed by atoms with van der Waals surface area (Å²) in [4.78, 5) is 7.77. The molecule has 4 heteroatoms. The van der Waals surface area contributed by atoms with E-state index in [1.165, 1.54) is 6.33 Å². The van der Waals surface area contributed by atoms with E-state index in [0.29, 0.717) is 12.5 Å². The SMILES string of the molecule is CCC(N)(CC)COc1ccncn1. The van der Waals surface area contributed by atoms with E-state index in [4.69, 9.17) is 10.5 Å². The molecule has 0 atom stereocenters. The molecular weight excluding hydrogens is 178 g/mol. The Morgan fingerprint density at radius 3 is 2.64 bits per heavy atom. The Hall–Kier alpha value is -1.16. The molecule has 0 bridgehead atoms. The molecule has 0 aliphatic heterocycles. The molecule has 14 heavy (non-hydrogen) atoms. The lowest BCUT2D eigenvalue weighted by molar-refractivity contribution is 0.200. The van der Waals surface area contributed by atoms with Crippen LogP contribution in [0.2, 0.25) is 0 Å². The predicted molar refractivity (Wildman–Crippen MR) is 55.0 cm³/mol. The highest BCUT2D eigenvalue weighted by Gasteiger charge is 2.21. The number of nitrogens with zero attached hydrogens (tertiary/aromatic N) is 2. The summed E-state index contributed by atoms with van der Waals surface area (Å²) >= 11 is 0. The second-order valence-corrected chi connectivity index (χ2v) is 3.41. The van der Waals surface area contributed by atoms with Gasteiger partial charge in [0, 0.05) is 17.8 Å². The van der Waals surface area contributed by atoms with Gasteiger partial charge in [-0.05, 0) is 12.8 Å². The number of rotatable bonds is 5. The Morgan fingerprint density at radius 2 is 2.14 bits per heavy atom. The molecule has 0 radical (unpaired) electrons. The van der Waals surface area contributed by atoms with Crippen LogP contribution < -0.4 is 10.5 Å². The lowest BCUT2D eigenvalue weighted by Gasteiger charge is -2.25. The Morgan fingerprint density at radius 1 is 1.43 bits per heavy atom. The summed E-state index contributed by atoms with van der Waals surface area (Å²) in [6.07, 6.45) is 4.91. The zero-order valence-corrected chi connectivity index (χ0v) is 8.73. The number of hydrogen-bond donors (Lipinski definition) is 1. The smallest absolute Gasteiger partial charge is 0.216 e. The average molecular weight is 195 g/mol. The molecule has 4 nitrogen and oxygen atoms in total. The van der Waals surface area contributed by atoms with Gasteiger partial charge in [-0.15, -0.1) is 0 Å². The fourth-order valence-corrected chi connectivity index (χ4v) is 1.04. The Balaban J connectivity index is 2.48. The van der Waals surface area contributed by atoms with E-state index in [9.17, 15) is 0 Å². The van der Waals surface area contributed by atoms with Crippen molar-refractivity contribution in [1.29, 1.82) is 0 Å². The summed E-state index contributed by atoms with van der Waals surface area (Å²) in [6.45, 7) is 4.62. The minimum absolute atomic E-state index is 0.245.